The molecule has 0 aliphatic heterocycles. The molecule has 0 fully saturated rings. The quantitative estimate of drug-likeness (QED) is 0.700. The Labute approximate surface area is 70.2 Å². The summed E-state index contributed by atoms with van der Waals surface area (Å²) in [6, 6.07) is 3.57. The Kier molecular flexibility index (Phi) is 2.88. The van der Waals surface area contributed by atoms with Crippen molar-refractivity contribution in [1.29, 1.82) is 0 Å². The fourth-order valence-corrected chi connectivity index (χ4v) is 0.996. The van der Waals surface area contributed by atoms with Crippen LogP contribution in [0.1, 0.15) is 11.4 Å². The van der Waals surface area contributed by atoms with Gasteiger partial charge in [0.1, 0.15) is 0 Å². The highest BCUT2D eigenvalue weighted by molar-refractivity contribution is 5.69. The number of aliphatic carboxylic acids is 1. The highest BCUT2D eigenvalue weighted by Gasteiger charge is 2.02. The monoisotopic (exact) mass is 169 g/mol. The molecule has 2 N–H and O–H groups in total. The molecule has 1 heterocycles. The van der Waals surface area contributed by atoms with E-state index in [2.05, 4.69) is 4.98 Å². The van der Waals surface area contributed by atoms with E-state index in [1.165, 1.54) is 0 Å². The summed E-state index contributed by atoms with van der Waals surface area (Å²) >= 11 is 0. The van der Waals surface area contributed by atoms with Crippen molar-refractivity contribution in [1.82, 2.24) is 4.98 Å². The number of H-pyrrole nitrogens is 1. The van der Waals surface area contributed by atoms with Gasteiger partial charge in [0.25, 0.3) is 0 Å². The van der Waals surface area contributed by atoms with Gasteiger partial charge in [-0.25, -0.2) is 0 Å². The van der Waals surface area contributed by atoms with Crippen LogP contribution in [0.2, 0.25) is 0 Å². The number of aromatic amines is 1. The summed E-state index contributed by atoms with van der Waals surface area (Å²) in [4.78, 5) is 13.2. The van der Waals surface area contributed by atoms with Crippen LogP contribution in [0.5, 0.6) is 0 Å². The standard InChI is InChI=1S/C8H11NO3/c1-12-5-7-3-2-6(9-7)4-8(10)11/h2-3,9H,4-5H2,1H3,(H,10,11). The van der Waals surface area contributed by atoms with Crippen LogP contribution in [0.4, 0.5) is 0 Å². The molecular weight excluding hydrogens is 158 g/mol. The van der Waals surface area contributed by atoms with Crippen LogP contribution >= 0.6 is 0 Å². The third-order valence-electron chi connectivity index (χ3n) is 1.45. The molecule has 0 aliphatic rings. The molecule has 0 saturated carbocycles. The molecule has 12 heavy (non-hydrogen) atoms. The van der Waals surface area contributed by atoms with Gasteiger partial charge in [-0.15, -0.1) is 0 Å². The molecule has 0 aliphatic carbocycles. The highest BCUT2D eigenvalue weighted by atomic mass is 16.5. The molecule has 0 saturated heterocycles. The van der Waals surface area contributed by atoms with Gasteiger partial charge in [-0.1, -0.05) is 0 Å². The first-order valence-electron chi connectivity index (χ1n) is 3.60. The van der Waals surface area contributed by atoms with Gasteiger partial charge >= 0.3 is 5.97 Å². The predicted octanol–water partition coefficient (Wildman–Crippen LogP) is 0.788. The molecule has 1 aromatic heterocycles. The number of rotatable bonds is 4. The maximum atomic E-state index is 10.3. The third-order valence-corrected chi connectivity index (χ3v) is 1.45. The average molecular weight is 169 g/mol. The normalized spacial score (nSPS) is 10.1. The minimum Gasteiger partial charge on any atom is -0.481 e. The van der Waals surface area contributed by atoms with Gasteiger partial charge in [0.05, 0.1) is 13.0 Å². The van der Waals surface area contributed by atoms with Gasteiger partial charge in [0.15, 0.2) is 0 Å². The Bertz CT molecular complexity index is 267. The van der Waals surface area contributed by atoms with Crippen molar-refractivity contribution < 1.29 is 14.6 Å². The van der Waals surface area contributed by atoms with E-state index < -0.39 is 5.97 Å². The summed E-state index contributed by atoms with van der Waals surface area (Å²) in [5.74, 6) is -0.833. The Morgan fingerprint density at radius 1 is 1.58 bits per heavy atom. The lowest BCUT2D eigenvalue weighted by Crippen LogP contribution is -2.00. The summed E-state index contributed by atoms with van der Waals surface area (Å²) < 4.78 is 4.87. The second-order valence-corrected chi connectivity index (χ2v) is 2.51. The molecule has 0 spiro atoms. The van der Waals surface area contributed by atoms with Gasteiger partial charge in [-0.2, -0.15) is 0 Å². The summed E-state index contributed by atoms with van der Waals surface area (Å²) in [7, 11) is 1.59. The van der Waals surface area contributed by atoms with Crippen LogP contribution < -0.4 is 0 Å². The molecule has 0 radical (unpaired) electrons. The molecule has 66 valence electrons. The van der Waals surface area contributed by atoms with Gasteiger partial charge in [0.2, 0.25) is 0 Å². The molecule has 0 atom stereocenters. The summed E-state index contributed by atoms with van der Waals surface area (Å²) in [6.45, 7) is 0.486. The summed E-state index contributed by atoms with van der Waals surface area (Å²) in [5.41, 5.74) is 1.60. The SMILES string of the molecule is COCc1ccc(CC(=O)O)[nH]1. The Morgan fingerprint density at radius 2 is 2.25 bits per heavy atom. The number of carboxylic acid groups (broad SMARTS) is 1. The fraction of sp³-hybridized carbons (Fsp3) is 0.375. The van der Waals surface area contributed by atoms with Gasteiger partial charge < -0.3 is 14.8 Å². The molecule has 4 nitrogen and oxygen atoms in total. The van der Waals surface area contributed by atoms with Crippen LogP contribution in [0.25, 0.3) is 0 Å². The van der Waals surface area contributed by atoms with E-state index in [1.807, 2.05) is 6.07 Å². The van der Waals surface area contributed by atoms with Crippen LogP contribution in [0.15, 0.2) is 12.1 Å². The zero-order chi connectivity index (χ0) is 8.97. The Morgan fingerprint density at radius 3 is 2.83 bits per heavy atom. The molecular formula is C8H11NO3. The second-order valence-electron chi connectivity index (χ2n) is 2.51. The number of methoxy groups -OCH3 is 1. The molecule has 0 unspecified atom stereocenters. The number of carboxylic acids is 1. The van der Waals surface area contributed by atoms with E-state index in [4.69, 9.17) is 9.84 Å². The number of aromatic nitrogens is 1. The van der Waals surface area contributed by atoms with Gasteiger partial charge in [-0.3, -0.25) is 4.79 Å². The predicted molar refractivity (Wildman–Crippen MR) is 42.8 cm³/mol. The number of hydrogen-bond donors (Lipinski definition) is 2. The van der Waals surface area contributed by atoms with E-state index in [-0.39, 0.29) is 6.42 Å². The second kappa shape index (κ2) is 3.92. The molecule has 0 bridgehead atoms. The van der Waals surface area contributed by atoms with Crippen molar-refractivity contribution in [3.63, 3.8) is 0 Å². The molecule has 4 heteroatoms. The number of hydrogen-bond acceptors (Lipinski definition) is 2. The number of nitrogens with one attached hydrogen (secondary N) is 1. The zero-order valence-corrected chi connectivity index (χ0v) is 6.83. The molecule has 1 rings (SSSR count). The maximum Gasteiger partial charge on any atom is 0.309 e. The lowest BCUT2D eigenvalue weighted by atomic mass is 10.3. The van der Waals surface area contributed by atoms with E-state index in [1.54, 1.807) is 13.2 Å². The first-order chi connectivity index (χ1) is 5.72. The van der Waals surface area contributed by atoms with Crippen LogP contribution in [-0.4, -0.2) is 23.2 Å². The topological polar surface area (TPSA) is 62.3 Å². The lowest BCUT2D eigenvalue weighted by Gasteiger charge is -1.94. The van der Waals surface area contributed by atoms with E-state index in [0.717, 1.165) is 5.69 Å². The first kappa shape index (κ1) is 8.80. The van der Waals surface area contributed by atoms with Crippen molar-refractivity contribution >= 4 is 5.97 Å². The highest BCUT2D eigenvalue weighted by Crippen LogP contribution is 2.03. The van der Waals surface area contributed by atoms with Crippen LogP contribution in [0, 0.1) is 0 Å². The van der Waals surface area contributed by atoms with Crippen LogP contribution in [0.3, 0.4) is 0 Å². The van der Waals surface area contributed by atoms with Gasteiger partial charge in [-0.05, 0) is 12.1 Å². The van der Waals surface area contributed by atoms with Crippen molar-refractivity contribution in [2.75, 3.05) is 7.11 Å². The van der Waals surface area contributed by atoms with E-state index in [0.29, 0.717) is 12.3 Å². The maximum absolute atomic E-state index is 10.3. The van der Waals surface area contributed by atoms with Crippen molar-refractivity contribution in [2.24, 2.45) is 0 Å². The smallest absolute Gasteiger partial charge is 0.309 e. The summed E-state index contributed by atoms with van der Waals surface area (Å²) in [6.07, 6.45) is 0.0315. The largest absolute Gasteiger partial charge is 0.481 e. The number of ether oxygens (including phenoxy) is 1. The molecule has 0 amide bonds. The van der Waals surface area contributed by atoms with Crippen molar-refractivity contribution in [2.45, 2.75) is 13.0 Å². The lowest BCUT2D eigenvalue weighted by molar-refractivity contribution is -0.136. The first-order valence-corrected chi connectivity index (χ1v) is 3.60. The summed E-state index contributed by atoms with van der Waals surface area (Å²) in [5, 5.41) is 8.45. The minimum absolute atomic E-state index is 0.0315. The van der Waals surface area contributed by atoms with E-state index in [9.17, 15) is 4.79 Å². The average Bonchev–Trinajstić information content (AvgIpc) is 2.36. The van der Waals surface area contributed by atoms with Crippen molar-refractivity contribution in [3.8, 4) is 0 Å². The zero-order valence-electron chi connectivity index (χ0n) is 6.83. The number of carbonyl (C=O) groups is 1. The van der Waals surface area contributed by atoms with Crippen LogP contribution in [-0.2, 0) is 22.6 Å². The van der Waals surface area contributed by atoms with E-state index >= 15 is 0 Å². The molecule has 1 aromatic rings. The molecule has 0 aromatic carbocycles. The Balaban J connectivity index is 2.58. The third kappa shape index (κ3) is 2.39. The van der Waals surface area contributed by atoms with Crippen molar-refractivity contribution in [3.05, 3.63) is 23.5 Å². The fourth-order valence-electron chi connectivity index (χ4n) is 0.996. The minimum atomic E-state index is -0.833. The van der Waals surface area contributed by atoms with Gasteiger partial charge in [0, 0.05) is 18.5 Å². The Hall–Kier alpha value is -1.29.